The molecule has 3 rings (SSSR count). The van der Waals surface area contributed by atoms with Gasteiger partial charge >= 0.3 is 0 Å². The molecule has 0 aromatic carbocycles. The van der Waals surface area contributed by atoms with Crippen molar-refractivity contribution in [2.24, 2.45) is 0 Å². The van der Waals surface area contributed by atoms with Crippen LogP contribution in [-0.2, 0) is 6.54 Å². The maximum absolute atomic E-state index is 4.74. The summed E-state index contributed by atoms with van der Waals surface area (Å²) in [5.74, 6) is 4.40. The number of hydrogen-bond donors (Lipinski definition) is 1. The predicted molar refractivity (Wildman–Crippen MR) is 88.8 cm³/mol. The number of fused-ring (bicyclic) bond motifs is 1. The average molecular weight is 308 g/mol. The van der Waals surface area contributed by atoms with Crippen molar-refractivity contribution in [2.45, 2.75) is 19.9 Å². The van der Waals surface area contributed by atoms with Crippen LogP contribution in [0.4, 0.5) is 5.82 Å². The molecule has 1 aliphatic rings. The Morgan fingerprint density at radius 2 is 2.15 bits per heavy atom. The first-order valence-corrected chi connectivity index (χ1v) is 9.18. The van der Waals surface area contributed by atoms with Gasteiger partial charge in [-0.25, -0.2) is 9.97 Å². The van der Waals surface area contributed by atoms with E-state index in [0.29, 0.717) is 0 Å². The van der Waals surface area contributed by atoms with Gasteiger partial charge in [0.05, 0.1) is 11.9 Å². The Morgan fingerprint density at radius 3 is 2.95 bits per heavy atom. The summed E-state index contributed by atoms with van der Waals surface area (Å²) >= 11 is 3.73. The van der Waals surface area contributed by atoms with Gasteiger partial charge < -0.3 is 5.32 Å². The Labute approximate surface area is 128 Å². The van der Waals surface area contributed by atoms with Crippen molar-refractivity contribution in [1.29, 1.82) is 0 Å². The second-order valence-electron chi connectivity index (χ2n) is 4.94. The lowest BCUT2D eigenvalue weighted by molar-refractivity contribution is 0.287. The van der Waals surface area contributed by atoms with Crippen LogP contribution in [0.25, 0.3) is 10.2 Å². The highest BCUT2D eigenvalue weighted by Gasteiger charge is 2.14. The fraction of sp³-hybridized carbons (Fsp3) is 0.571. The SMILES string of the molecule is CCCNc1nc(CN2CCSCC2)nc2sccc12. The molecule has 0 unspecified atom stereocenters. The topological polar surface area (TPSA) is 41.1 Å². The van der Waals surface area contributed by atoms with Gasteiger partial charge in [0.1, 0.15) is 16.5 Å². The first-order valence-electron chi connectivity index (χ1n) is 7.15. The summed E-state index contributed by atoms with van der Waals surface area (Å²) in [5.41, 5.74) is 0. The molecular formula is C14H20N4S2. The first kappa shape index (κ1) is 14.1. The Bertz CT molecular complexity index is 563. The zero-order valence-corrected chi connectivity index (χ0v) is 13.4. The Morgan fingerprint density at radius 1 is 1.30 bits per heavy atom. The van der Waals surface area contributed by atoms with Crippen LogP contribution >= 0.6 is 23.1 Å². The van der Waals surface area contributed by atoms with Crippen molar-refractivity contribution < 1.29 is 0 Å². The first-order chi connectivity index (χ1) is 9.86. The number of thiophene rings is 1. The van der Waals surface area contributed by atoms with Gasteiger partial charge in [0.2, 0.25) is 0 Å². The molecule has 108 valence electrons. The smallest absolute Gasteiger partial charge is 0.146 e. The van der Waals surface area contributed by atoms with Crippen LogP contribution in [0.15, 0.2) is 11.4 Å². The molecule has 4 nitrogen and oxygen atoms in total. The standard InChI is InChI=1S/C14H20N4S2/c1-2-4-15-13-11-3-7-20-14(11)17-12(16-13)10-18-5-8-19-9-6-18/h3,7H,2,4-6,8-10H2,1H3,(H,15,16,17). The lowest BCUT2D eigenvalue weighted by atomic mass is 10.3. The fourth-order valence-electron chi connectivity index (χ4n) is 2.31. The van der Waals surface area contributed by atoms with Gasteiger partial charge in [-0.05, 0) is 17.9 Å². The summed E-state index contributed by atoms with van der Waals surface area (Å²) in [6.07, 6.45) is 1.11. The van der Waals surface area contributed by atoms with Gasteiger partial charge in [-0.15, -0.1) is 11.3 Å². The Balaban J connectivity index is 1.82. The molecule has 0 atom stereocenters. The molecule has 6 heteroatoms. The zero-order chi connectivity index (χ0) is 13.8. The molecular weight excluding hydrogens is 288 g/mol. The molecule has 1 N–H and O–H groups in total. The van der Waals surface area contributed by atoms with Gasteiger partial charge in [0.15, 0.2) is 0 Å². The molecule has 0 bridgehead atoms. The third kappa shape index (κ3) is 3.24. The Hall–Kier alpha value is -0.850. The van der Waals surface area contributed by atoms with Crippen molar-refractivity contribution in [2.75, 3.05) is 36.5 Å². The zero-order valence-electron chi connectivity index (χ0n) is 11.8. The van der Waals surface area contributed by atoms with Crippen LogP contribution in [0.1, 0.15) is 19.2 Å². The maximum atomic E-state index is 4.74. The molecule has 20 heavy (non-hydrogen) atoms. The fourth-order valence-corrected chi connectivity index (χ4v) is 4.07. The monoisotopic (exact) mass is 308 g/mol. The van der Waals surface area contributed by atoms with Crippen LogP contribution in [0.5, 0.6) is 0 Å². The van der Waals surface area contributed by atoms with Gasteiger partial charge in [0.25, 0.3) is 0 Å². The van der Waals surface area contributed by atoms with E-state index in [1.165, 1.54) is 11.5 Å². The summed E-state index contributed by atoms with van der Waals surface area (Å²) < 4.78 is 0. The summed E-state index contributed by atoms with van der Waals surface area (Å²) in [6, 6.07) is 2.11. The number of rotatable bonds is 5. The van der Waals surface area contributed by atoms with Gasteiger partial charge in [-0.1, -0.05) is 6.92 Å². The number of thioether (sulfide) groups is 1. The third-order valence-corrected chi connectivity index (χ3v) is 5.13. The lowest BCUT2D eigenvalue weighted by Gasteiger charge is -2.25. The van der Waals surface area contributed by atoms with Crippen molar-refractivity contribution in [3.05, 3.63) is 17.3 Å². The number of hydrogen-bond acceptors (Lipinski definition) is 6. The van der Waals surface area contributed by atoms with E-state index in [2.05, 4.69) is 28.6 Å². The minimum atomic E-state index is 0.870. The van der Waals surface area contributed by atoms with E-state index < -0.39 is 0 Å². The molecule has 1 saturated heterocycles. The minimum Gasteiger partial charge on any atom is -0.369 e. The van der Waals surface area contributed by atoms with Gasteiger partial charge in [-0.2, -0.15) is 11.8 Å². The second-order valence-corrected chi connectivity index (χ2v) is 7.06. The van der Waals surface area contributed by atoms with Crippen LogP contribution in [-0.4, -0.2) is 46.0 Å². The van der Waals surface area contributed by atoms with Crippen LogP contribution in [0, 0.1) is 0 Å². The maximum Gasteiger partial charge on any atom is 0.146 e. The highest BCUT2D eigenvalue weighted by Crippen LogP contribution is 2.25. The third-order valence-electron chi connectivity index (χ3n) is 3.38. The lowest BCUT2D eigenvalue weighted by Crippen LogP contribution is -2.32. The van der Waals surface area contributed by atoms with E-state index in [0.717, 1.165) is 54.5 Å². The summed E-state index contributed by atoms with van der Waals surface area (Å²) in [7, 11) is 0. The van der Waals surface area contributed by atoms with Crippen molar-refractivity contribution in [3.8, 4) is 0 Å². The molecule has 0 amide bonds. The summed E-state index contributed by atoms with van der Waals surface area (Å²) in [5, 5.41) is 6.68. The van der Waals surface area contributed by atoms with E-state index in [-0.39, 0.29) is 0 Å². The second kappa shape index (κ2) is 6.74. The van der Waals surface area contributed by atoms with E-state index in [1.807, 2.05) is 11.8 Å². The molecule has 0 spiro atoms. The molecule has 2 aromatic rings. The number of aromatic nitrogens is 2. The highest BCUT2D eigenvalue weighted by molar-refractivity contribution is 7.99. The molecule has 2 aromatic heterocycles. The average Bonchev–Trinajstić information content (AvgIpc) is 2.94. The summed E-state index contributed by atoms with van der Waals surface area (Å²) in [6.45, 7) is 6.30. The number of nitrogens with zero attached hydrogens (tertiary/aromatic N) is 3. The number of nitrogens with one attached hydrogen (secondary N) is 1. The molecule has 0 saturated carbocycles. The minimum absolute atomic E-state index is 0.870. The predicted octanol–water partition coefficient (Wildman–Crippen LogP) is 3.06. The van der Waals surface area contributed by atoms with Crippen LogP contribution in [0.2, 0.25) is 0 Å². The number of anilines is 1. The molecule has 3 heterocycles. The van der Waals surface area contributed by atoms with Crippen molar-refractivity contribution >= 4 is 39.1 Å². The van der Waals surface area contributed by atoms with E-state index >= 15 is 0 Å². The Kier molecular flexibility index (Phi) is 4.75. The van der Waals surface area contributed by atoms with E-state index in [1.54, 1.807) is 11.3 Å². The molecule has 1 aliphatic heterocycles. The largest absolute Gasteiger partial charge is 0.369 e. The van der Waals surface area contributed by atoms with Crippen molar-refractivity contribution in [1.82, 2.24) is 14.9 Å². The van der Waals surface area contributed by atoms with Crippen LogP contribution in [0.3, 0.4) is 0 Å². The normalized spacial score (nSPS) is 16.6. The van der Waals surface area contributed by atoms with Crippen molar-refractivity contribution in [3.63, 3.8) is 0 Å². The molecule has 1 fully saturated rings. The quantitative estimate of drug-likeness (QED) is 0.919. The molecule has 0 radical (unpaired) electrons. The van der Waals surface area contributed by atoms with Gasteiger partial charge in [-0.3, -0.25) is 4.90 Å². The summed E-state index contributed by atoms with van der Waals surface area (Å²) in [4.78, 5) is 13.0. The highest BCUT2D eigenvalue weighted by atomic mass is 32.2. The van der Waals surface area contributed by atoms with Gasteiger partial charge in [0, 0.05) is 31.1 Å². The van der Waals surface area contributed by atoms with E-state index in [9.17, 15) is 0 Å². The molecule has 0 aliphatic carbocycles. The van der Waals surface area contributed by atoms with Crippen LogP contribution < -0.4 is 5.32 Å². The van der Waals surface area contributed by atoms with E-state index in [4.69, 9.17) is 9.97 Å².